The van der Waals surface area contributed by atoms with Crippen LogP contribution >= 0.6 is 0 Å². The fourth-order valence-electron chi connectivity index (χ4n) is 3.66. The first kappa shape index (κ1) is 14.5. The van der Waals surface area contributed by atoms with E-state index in [0.717, 1.165) is 25.5 Å². The zero-order valence-corrected chi connectivity index (χ0v) is 13.1. The van der Waals surface area contributed by atoms with Gasteiger partial charge in [-0.25, -0.2) is 9.99 Å². The fraction of sp³-hybridized carbons (Fsp3) is 0.562. The van der Waals surface area contributed by atoms with Gasteiger partial charge in [0, 0.05) is 36.3 Å². The van der Waals surface area contributed by atoms with Crippen LogP contribution < -0.4 is 10.1 Å². The highest BCUT2D eigenvalue weighted by Gasteiger charge is 2.34. The third kappa shape index (κ3) is 2.46. The van der Waals surface area contributed by atoms with E-state index in [4.69, 9.17) is 0 Å². The average Bonchev–Trinajstić information content (AvgIpc) is 2.47. The van der Waals surface area contributed by atoms with Crippen LogP contribution in [0.5, 0.6) is 0 Å². The molecular formula is C16H24N4O. The van der Waals surface area contributed by atoms with Gasteiger partial charge in [-0.3, -0.25) is 5.01 Å². The lowest BCUT2D eigenvalue weighted by Crippen LogP contribution is -3.09. The molecule has 2 unspecified atom stereocenters. The molecule has 21 heavy (non-hydrogen) atoms. The normalized spacial score (nSPS) is 25.1. The van der Waals surface area contributed by atoms with Crippen molar-refractivity contribution in [3.05, 3.63) is 34.7 Å². The molecule has 3 heterocycles. The summed E-state index contributed by atoms with van der Waals surface area (Å²) in [6.07, 6.45) is 1.86. The minimum Gasteiger partial charge on any atom is -0.634 e. The van der Waals surface area contributed by atoms with Crippen LogP contribution in [0.4, 0.5) is 5.82 Å². The summed E-state index contributed by atoms with van der Waals surface area (Å²) in [5, 5.41) is 16.9. The molecule has 1 N–H and O–H groups in total. The predicted octanol–water partition coefficient (Wildman–Crippen LogP) is 0.944. The van der Waals surface area contributed by atoms with Crippen molar-refractivity contribution >= 4 is 11.4 Å². The van der Waals surface area contributed by atoms with Crippen molar-refractivity contribution in [2.75, 3.05) is 37.7 Å². The van der Waals surface area contributed by atoms with Crippen molar-refractivity contribution in [2.45, 2.75) is 20.8 Å². The van der Waals surface area contributed by atoms with Crippen LogP contribution in [-0.2, 0) is 0 Å². The van der Waals surface area contributed by atoms with Crippen molar-refractivity contribution in [3.8, 4) is 0 Å². The Morgan fingerprint density at radius 3 is 2.90 bits per heavy atom. The summed E-state index contributed by atoms with van der Waals surface area (Å²) < 4.78 is 0. The van der Waals surface area contributed by atoms with Gasteiger partial charge in [-0.2, -0.15) is 0 Å². The van der Waals surface area contributed by atoms with Gasteiger partial charge < -0.3 is 10.3 Å². The zero-order valence-electron chi connectivity index (χ0n) is 13.1. The van der Waals surface area contributed by atoms with E-state index >= 15 is 0 Å². The molecule has 3 rings (SSSR count). The van der Waals surface area contributed by atoms with Gasteiger partial charge in [0.25, 0.3) is 0 Å². The number of pyridine rings is 1. The summed E-state index contributed by atoms with van der Waals surface area (Å²) in [7, 11) is 0. The van der Waals surface area contributed by atoms with E-state index in [1.54, 1.807) is 0 Å². The first-order chi connectivity index (χ1) is 10.2. The Balaban J connectivity index is 2.08. The minimum absolute atomic E-state index is 0.308. The number of hydrogen-bond acceptors (Lipinski definition) is 4. The molecule has 2 atom stereocenters. The molecule has 5 heteroatoms. The highest BCUT2D eigenvalue weighted by atomic mass is 16.5. The number of aromatic nitrogens is 1. The van der Waals surface area contributed by atoms with Gasteiger partial charge in [0.2, 0.25) is 0 Å². The fourth-order valence-corrected chi connectivity index (χ4v) is 3.66. The Kier molecular flexibility index (Phi) is 3.97. The second kappa shape index (κ2) is 5.75. The van der Waals surface area contributed by atoms with Crippen LogP contribution in [0, 0.1) is 11.1 Å². The summed E-state index contributed by atoms with van der Waals surface area (Å²) in [5.41, 5.74) is 3.86. The highest BCUT2D eigenvalue weighted by Crippen LogP contribution is 2.38. The first-order valence-electron chi connectivity index (χ1n) is 7.87. The number of rotatable bonds is 3. The van der Waals surface area contributed by atoms with Crippen molar-refractivity contribution in [1.29, 1.82) is 0 Å². The van der Waals surface area contributed by atoms with E-state index in [0.29, 0.717) is 24.1 Å². The van der Waals surface area contributed by atoms with E-state index in [2.05, 4.69) is 41.8 Å². The molecule has 2 aliphatic rings. The maximum atomic E-state index is 12.0. The van der Waals surface area contributed by atoms with Crippen molar-refractivity contribution in [2.24, 2.45) is 5.92 Å². The number of hydrogen-bond donors (Lipinski definition) is 1. The molecule has 0 radical (unpaired) electrons. The number of quaternary nitrogens is 1. The first-order valence-corrected chi connectivity index (χ1v) is 7.87. The molecule has 5 nitrogen and oxygen atoms in total. The van der Waals surface area contributed by atoms with E-state index in [1.807, 2.05) is 12.3 Å². The summed E-state index contributed by atoms with van der Waals surface area (Å²) in [4.78, 5) is 4.63. The molecule has 0 spiro atoms. The standard InChI is InChI=1S/C16H24N4O/c1-4-18(5-2)20-11-13-10-19(21)9-12(3)15(13)14-7-6-8-17-16(14)20/h6-8,12,19H,4-5,9-11H2,1-3H3. The summed E-state index contributed by atoms with van der Waals surface area (Å²) in [6.45, 7) is 10.4. The van der Waals surface area contributed by atoms with Crippen molar-refractivity contribution in [1.82, 2.24) is 9.99 Å². The molecule has 2 aliphatic heterocycles. The number of nitrogens with one attached hydrogen (secondary N) is 1. The lowest BCUT2D eigenvalue weighted by Gasteiger charge is -2.44. The third-order valence-corrected chi connectivity index (χ3v) is 4.55. The molecule has 0 saturated heterocycles. The Morgan fingerprint density at radius 2 is 2.19 bits per heavy atom. The highest BCUT2D eigenvalue weighted by molar-refractivity contribution is 5.81. The molecular weight excluding hydrogens is 264 g/mol. The van der Waals surface area contributed by atoms with Crippen LogP contribution in [0.1, 0.15) is 26.3 Å². The van der Waals surface area contributed by atoms with Crippen LogP contribution in [0.15, 0.2) is 23.9 Å². The molecule has 0 fully saturated rings. The lowest BCUT2D eigenvalue weighted by molar-refractivity contribution is -0.847. The number of anilines is 1. The van der Waals surface area contributed by atoms with Crippen LogP contribution in [-0.4, -0.2) is 42.7 Å². The summed E-state index contributed by atoms with van der Waals surface area (Å²) >= 11 is 0. The Labute approximate surface area is 126 Å². The van der Waals surface area contributed by atoms with Gasteiger partial charge in [0.15, 0.2) is 5.82 Å². The van der Waals surface area contributed by atoms with Gasteiger partial charge in [0.05, 0.1) is 13.1 Å². The second-order valence-corrected chi connectivity index (χ2v) is 5.91. The zero-order chi connectivity index (χ0) is 15.0. The van der Waals surface area contributed by atoms with Crippen molar-refractivity contribution < 1.29 is 5.06 Å². The maximum absolute atomic E-state index is 12.0. The van der Waals surface area contributed by atoms with Crippen molar-refractivity contribution in [3.63, 3.8) is 0 Å². The van der Waals surface area contributed by atoms with Gasteiger partial charge in [0.1, 0.15) is 6.54 Å². The Bertz CT molecular complexity index is 553. The Morgan fingerprint density at radius 1 is 1.43 bits per heavy atom. The molecule has 0 bridgehead atoms. The molecule has 0 aromatic carbocycles. The smallest absolute Gasteiger partial charge is 0.150 e. The molecule has 114 valence electrons. The van der Waals surface area contributed by atoms with E-state index in [9.17, 15) is 5.21 Å². The van der Waals surface area contributed by atoms with Crippen LogP contribution in [0.2, 0.25) is 0 Å². The number of nitrogens with zero attached hydrogens (tertiary/aromatic N) is 3. The molecule has 0 aliphatic carbocycles. The van der Waals surface area contributed by atoms with E-state index < -0.39 is 0 Å². The minimum atomic E-state index is 0.308. The van der Waals surface area contributed by atoms with E-state index in [1.165, 1.54) is 16.7 Å². The largest absolute Gasteiger partial charge is 0.634 e. The van der Waals surface area contributed by atoms with Gasteiger partial charge in [-0.15, -0.1) is 0 Å². The van der Waals surface area contributed by atoms with Crippen LogP contribution in [0.25, 0.3) is 5.57 Å². The Hall–Kier alpha value is -1.43. The second-order valence-electron chi connectivity index (χ2n) is 5.91. The predicted molar refractivity (Wildman–Crippen MR) is 84.7 cm³/mol. The SMILES string of the molecule is CCN(CC)N1CC2=C(c3cccnc31)C(C)C[NH+]([O-])C2. The molecule has 0 amide bonds. The molecule has 1 aromatic rings. The van der Waals surface area contributed by atoms with E-state index in [-0.39, 0.29) is 0 Å². The van der Waals surface area contributed by atoms with Gasteiger partial charge in [-0.1, -0.05) is 20.8 Å². The monoisotopic (exact) mass is 288 g/mol. The number of fused-ring (bicyclic) bond motifs is 2. The van der Waals surface area contributed by atoms with Crippen LogP contribution in [0.3, 0.4) is 0 Å². The number of hydrazine groups is 1. The topological polar surface area (TPSA) is 46.9 Å². The molecule has 1 aromatic heterocycles. The maximum Gasteiger partial charge on any atom is 0.150 e. The average molecular weight is 288 g/mol. The number of hydroxylamine groups is 2. The quantitative estimate of drug-likeness (QED) is 0.841. The molecule has 0 saturated carbocycles. The van der Waals surface area contributed by atoms with Gasteiger partial charge in [-0.05, 0) is 17.7 Å². The summed E-state index contributed by atoms with van der Waals surface area (Å²) in [6, 6.07) is 4.15. The lowest BCUT2D eigenvalue weighted by atomic mass is 9.84. The third-order valence-electron chi connectivity index (χ3n) is 4.55. The van der Waals surface area contributed by atoms with Gasteiger partial charge >= 0.3 is 0 Å². The summed E-state index contributed by atoms with van der Waals surface area (Å²) in [5.74, 6) is 1.35.